The Morgan fingerprint density at radius 2 is 0.805 bits per heavy atom. The highest BCUT2D eigenvalue weighted by Gasteiger charge is 2.13. The molecule has 8 aromatic rings. The molecule has 188 valence electrons. The van der Waals surface area contributed by atoms with E-state index in [0.29, 0.717) is 0 Å². The molecule has 0 saturated carbocycles. The van der Waals surface area contributed by atoms with Crippen LogP contribution in [-0.4, -0.2) is 0 Å². The van der Waals surface area contributed by atoms with Gasteiger partial charge in [-0.25, -0.2) is 0 Å². The Kier molecular flexibility index (Phi) is 5.56. The molecule has 0 saturated heterocycles. The first-order chi connectivity index (χ1) is 20.3. The van der Waals surface area contributed by atoms with Crippen LogP contribution in [0.15, 0.2) is 133 Å². The molecule has 0 nitrogen and oxygen atoms in total. The third-order valence-corrected chi connectivity index (χ3v) is 8.75. The zero-order chi connectivity index (χ0) is 27.2. The Bertz CT molecular complexity index is 2410. The van der Waals surface area contributed by atoms with E-state index in [1.54, 1.807) is 11.3 Å². The van der Waals surface area contributed by atoms with E-state index < -0.39 is 0 Å². The van der Waals surface area contributed by atoms with Gasteiger partial charge in [-0.2, -0.15) is 0 Å². The quantitative estimate of drug-likeness (QED) is 0.134. The van der Waals surface area contributed by atoms with Crippen LogP contribution in [0.1, 0.15) is 22.3 Å². The third kappa shape index (κ3) is 4.04. The molecule has 0 spiro atoms. The normalized spacial score (nSPS) is 11.0. The van der Waals surface area contributed by atoms with Crippen molar-refractivity contribution in [2.75, 3.05) is 0 Å². The standard InChI is InChI=1S/C40H22S/c1-3-9-27(10-4-1)15-17-29-25-38-33(32-14-8-7-13-31(29)32)19-20-35-34(38)21-22-36-37-23-24-41-40(37)30(26-39(35)36)18-16-28-11-5-2-6-12-28/h1-14,19-26H. The SMILES string of the molecule is C(#Cc1cc2c(ccc3c4cc(C#Cc5ccccc5)c5sccc5c4ccc23)c2ccccc12)c1ccccc1. The summed E-state index contributed by atoms with van der Waals surface area (Å²) in [5.74, 6) is 13.8. The zero-order valence-corrected chi connectivity index (χ0v) is 22.9. The van der Waals surface area contributed by atoms with Crippen LogP contribution in [0.3, 0.4) is 0 Å². The summed E-state index contributed by atoms with van der Waals surface area (Å²) < 4.78 is 1.24. The van der Waals surface area contributed by atoms with Crippen molar-refractivity contribution in [1.82, 2.24) is 0 Å². The van der Waals surface area contributed by atoms with Crippen LogP contribution in [0.2, 0.25) is 0 Å². The molecule has 0 radical (unpaired) electrons. The van der Waals surface area contributed by atoms with E-state index in [9.17, 15) is 0 Å². The van der Waals surface area contributed by atoms with Crippen LogP contribution in [0.25, 0.3) is 53.2 Å². The monoisotopic (exact) mass is 534 g/mol. The number of hydrogen-bond acceptors (Lipinski definition) is 1. The van der Waals surface area contributed by atoms with Crippen molar-refractivity contribution in [2.24, 2.45) is 0 Å². The third-order valence-electron chi connectivity index (χ3n) is 7.80. The summed E-state index contributed by atoms with van der Waals surface area (Å²) in [4.78, 5) is 0. The van der Waals surface area contributed by atoms with E-state index in [-0.39, 0.29) is 0 Å². The molecule has 0 bridgehead atoms. The first-order valence-electron chi connectivity index (χ1n) is 13.7. The van der Waals surface area contributed by atoms with Gasteiger partial charge in [0.2, 0.25) is 0 Å². The van der Waals surface area contributed by atoms with Crippen molar-refractivity contribution in [1.29, 1.82) is 0 Å². The van der Waals surface area contributed by atoms with Gasteiger partial charge in [0.25, 0.3) is 0 Å². The Labute approximate surface area is 242 Å². The topological polar surface area (TPSA) is 0 Å². The lowest BCUT2D eigenvalue weighted by molar-refractivity contribution is 1.65. The van der Waals surface area contributed by atoms with Crippen LogP contribution < -0.4 is 0 Å². The molecule has 0 fully saturated rings. The smallest absolute Gasteiger partial charge is 0.0505 e. The largest absolute Gasteiger partial charge is 0.142 e. The van der Waals surface area contributed by atoms with Gasteiger partial charge in [-0.05, 0) is 90.9 Å². The highest BCUT2D eigenvalue weighted by atomic mass is 32.1. The predicted octanol–water partition coefficient (Wildman–Crippen LogP) is 10.3. The first kappa shape index (κ1) is 23.5. The molecule has 0 atom stereocenters. The fourth-order valence-corrected chi connectivity index (χ4v) is 6.75. The molecule has 0 N–H and O–H groups in total. The lowest BCUT2D eigenvalue weighted by atomic mass is 9.91. The molecular weight excluding hydrogens is 513 g/mol. The molecule has 0 aliphatic carbocycles. The summed E-state index contributed by atoms with van der Waals surface area (Å²) in [6.45, 7) is 0. The van der Waals surface area contributed by atoms with Crippen LogP contribution >= 0.6 is 11.3 Å². The summed E-state index contributed by atoms with van der Waals surface area (Å²) in [6.07, 6.45) is 0. The maximum atomic E-state index is 3.49. The van der Waals surface area contributed by atoms with Crippen LogP contribution in [0.5, 0.6) is 0 Å². The number of thiophene rings is 1. The molecule has 0 aliphatic rings. The Morgan fingerprint density at radius 3 is 1.41 bits per heavy atom. The minimum Gasteiger partial charge on any atom is -0.142 e. The van der Waals surface area contributed by atoms with E-state index in [0.717, 1.165) is 22.3 Å². The summed E-state index contributed by atoms with van der Waals surface area (Å²) in [7, 11) is 0. The van der Waals surface area contributed by atoms with E-state index in [1.165, 1.54) is 53.2 Å². The van der Waals surface area contributed by atoms with Gasteiger partial charge >= 0.3 is 0 Å². The number of rotatable bonds is 0. The minimum atomic E-state index is 1.02. The van der Waals surface area contributed by atoms with Gasteiger partial charge in [-0.15, -0.1) is 11.3 Å². The fourth-order valence-electron chi connectivity index (χ4n) is 5.87. The molecule has 0 amide bonds. The van der Waals surface area contributed by atoms with Crippen molar-refractivity contribution in [3.05, 3.63) is 155 Å². The summed E-state index contributed by atoms with van der Waals surface area (Å²) in [5, 5.41) is 13.3. The minimum absolute atomic E-state index is 1.02. The first-order valence-corrected chi connectivity index (χ1v) is 14.6. The molecule has 1 heterocycles. The second-order valence-electron chi connectivity index (χ2n) is 10.2. The Morgan fingerprint density at radius 1 is 0.341 bits per heavy atom. The van der Waals surface area contributed by atoms with Crippen molar-refractivity contribution < 1.29 is 0 Å². The molecule has 0 unspecified atom stereocenters. The van der Waals surface area contributed by atoms with Gasteiger partial charge in [0.15, 0.2) is 0 Å². The van der Waals surface area contributed by atoms with Crippen LogP contribution in [-0.2, 0) is 0 Å². The molecule has 8 rings (SSSR count). The highest BCUT2D eigenvalue weighted by molar-refractivity contribution is 7.17. The summed E-state index contributed by atoms with van der Waals surface area (Å²) in [6, 6.07) is 44.9. The van der Waals surface area contributed by atoms with E-state index in [4.69, 9.17) is 0 Å². The molecule has 41 heavy (non-hydrogen) atoms. The van der Waals surface area contributed by atoms with Gasteiger partial charge < -0.3 is 0 Å². The van der Waals surface area contributed by atoms with E-state index in [1.807, 2.05) is 36.4 Å². The molecular formula is C40H22S. The van der Waals surface area contributed by atoms with Gasteiger partial charge in [0.1, 0.15) is 0 Å². The van der Waals surface area contributed by atoms with Crippen molar-refractivity contribution in [3.63, 3.8) is 0 Å². The predicted molar refractivity (Wildman–Crippen MR) is 177 cm³/mol. The maximum Gasteiger partial charge on any atom is 0.0505 e. The molecule has 7 aromatic carbocycles. The lowest BCUT2D eigenvalue weighted by Gasteiger charge is -2.12. The lowest BCUT2D eigenvalue weighted by Crippen LogP contribution is -1.88. The Hall–Kier alpha value is -5.34. The fraction of sp³-hybridized carbons (Fsp3) is 0. The number of benzene rings is 7. The van der Waals surface area contributed by atoms with E-state index in [2.05, 4.69) is 120 Å². The average molecular weight is 535 g/mol. The second kappa shape index (κ2) is 9.69. The van der Waals surface area contributed by atoms with Gasteiger partial charge in [0, 0.05) is 27.6 Å². The second-order valence-corrected chi connectivity index (χ2v) is 11.1. The highest BCUT2D eigenvalue weighted by Crippen LogP contribution is 2.40. The van der Waals surface area contributed by atoms with Gasteiger partial charge in [0.05, 0.1) is 4.70 Å². The van der Waals surface area contributed by atoms with Crippen LogP contribution in [0, 0.1) is 23.7 Å². The van der Waals surface area contributed by atoms with Crippen LogP contribution in [0.4, 0.5) is 0 Å². The molecule has 0 aliphatic heterocycles. The Balaban J connectivity index is 1.41. The van der Waals surface area contributed by atoms with E-state index >= 15 is 0 Å². The van der Waals surface area contributed by atoms with Gasteiger partial charge in [-0.1, -0.05) is 109 Å². The number of fused-ring (bicyclic) bond motifs is 9. The molecule has 1 heteroatoms. The average Bonchev–Trinajstić information content (AvgIpc) is 3.54. The van der Waals surface area contributed by atoms with Crippen molar-refractivity contribution >= 4 is 64.5 Å². The maximum absolute atomic E-state index is 3.49. The van der Waals surface area contributed by atoms with Gasteiger partial charge in [-0.3, -0.25) is 0 Å². The zero-order valence-electron chi connectivity index (χ0n) is 22.1. The summed E-state index contributed by atoms with van der Waals surface area (Å²) >= 11 is 1.76. The number of hydrogen-bond donors (Lipinski definition) is 0. The van der Waals surface area contributed by atoms with Crippen molar-refractivity contribution in [2.45, 2.75) is 0 Å². The van der Waals surface area contributed by atoms with Crippen molar-refractivity contribution in [3.8, 4) is 23.7 Å². The molecule has 1 aromatic heterocycles. The summed E-state index contributed by atoms with van der Waals surface area (Å²) in [5.41, 5.74) is 4.17.